The molecule has 0 bridgehead atoms. The van der Waals surface area contributed by atoms with E-state index in [0.717, 1.165) is 0 Å². The van der Waals surface area contributed by atoms with Crippen LogP contribution in [0.25, 0.3) is 0 Å². The van der Waals surface area contributed by atoms with Gasteiger partial charge < -0.3 is 9.94 Å². The lowest BCUT2D eigenvalue weighted by molar-refractivity contribution is 0.319. The second-order valence-electron chi connectivity index (χ2n) is 2.46. The average molecular weight is 234 g/mol. The number of halogens is 2. The zero-order chi connectivity index (χ0) is 10.6. The van der Waals surface area contributed by atoms with Gasteiger partial charge in [-0.2, -0.15) is 0 Å². The fraction of sp³-hybridized carbons (Fsp3) is 0.222. The monoisotopic (exact) mass is 233 g/mol. The van der Waals surface area contributed by atoms with Crippen LogP contribution in [0.4, 0.5) is 0 Å². The normalized spacial score (nSPS) is 11.5. The molecule has 0 aliphatic carbocycles. The zero-order valence-corrected chi connectivity index (χ0v) is 9.01. The number of benzene rings is 1. The van der Waals surface area contributed by atoms with Crippen molar-refractivity contribution in [3.05, 3.63) is 28.8 Å². The first kappa shape index (κ1) is 11.1. The van der Waals surface area contributed by atoms with Crippen molar-refractivity contribution in [2.45, 2.75) is 6.92 Å². The quantitative estimate of drug-likeness (QED) is 0.496. The molecular formula is C9H9Cl2NO2. The Bertz CT molecular complexity index is 353. The molecule has 0 saturated carbocycles. The molecule has 0 atom stereocenters. The van der Waals surface area contributed by atoms with E-state index >= 15 is 0 Å². The molecule has 0 fully saturated rings. The Morgan fingerprint density at radius 2 is 2.29 bits per heavy atom. The van der Waals surface area contributed by atoms with E-state index < -0.39 is 0 Å². The summed E-state index contributed by atoms with van der Waals surface area (Å²) in [4.78, 5) is 0. The maximum atomic E-state index is 8.53. The van der Waals surface area contributed by atoms with Crippen molar-refractivity contribution >= 4 is 28.4 Å². The second-order valence-corrected chi connectivity index (χ2v) is 3.26. The number of hydrogen-bond acceptors (Lipinski definition) is 3. The van der Waals surface area contributed by atoms with Crippen LogP contribution in [0.2, 0.25) is 5.02 Å². The molecule has 14 heavy (non-hydrogen) atoms. The highest BCUT2D eigenvalue weighted by atomic mass is 35.5. The maximum Gasteiger partial charge on any atom is 0.179 e. The Kier molecular flexibility index (Phi) is 4.04. The van der Waals surface area contributed by atoms with Gasteiger partial charge in [0.05, 0.1) is 12.2 Å². The molecule has 1 N–H and O–H groups in total. The number of hydrogen-bond donors (Lipinski definition) is 1. The van der Waals surface area contributed by atoms with Crippen molar-refractivity contribution in [1.82, 2.24) is 0 Å². The maximum absolute atomic E-state index is 8.53. The molecule has 0 heterocycles. The summed E-state index contributed by atoms with van der Waals surface area (Å²) in [5.41, 5.74) is 0.475. The molecule has 0 radical (unpaired) electrons. The summed E-state index contributed by atoms with van der Waals surface area (Å²) >= 11 is 11.4. The van der Waals surface area contributed by atoms with E-state index in [-0.39, 0.29) is 5.17 Å². The minimum absolute atomic E-state index is 0.0454. The Morgan fingerprint density at radius 3 is 2.86 bits per heavy atom. The molecular weight excluding hydrogens is 225 g/mol. The van der Waals surface area contributed by atoms with Crippen molar-refractivity contribution in [1.29, 1.82) is 0 Å². The lowest BCUT2D eigenvalue weighted by atomic mass is 10.2. The standard InChI is InChI=1S/C9H9Cl2NO2/c1-2-14-8-4-3-6(10)5-7(8)9(11)12-13/h3-5,13H,2H2,1H3/b12-9-. The van der Waals surface area contributed by atoms with E-state index in [1.54, 1.807) is 18.2 Å². The van der Waals surface area contributed by atoms with Crippen LogP contribution in [0.5, 0.6) is 5.75 Å². The lowest BCUT2D eigenvalue weighted by Crippen LogP contribution is -1.99. The zero-order valence-electron chi connectivity index (χ0n) is 7.50. The van der Waals surface area contributed by atoms with Crippen LogP contribution < -0.4 is 4.74 Å². The van der Waals surface area contributed by atoms with E-state index in [1.807, 2.05) is 6.92 Å². The van der Waals surface area contributed by atoms with Crippen LogP contribution in [0, 0.1) is 0 Å². The topological polar surface area (TPSA) is 41.8 Å². The molecule has 76 valence electrons. The van der Waals surface area contributed by atoms with Crippen LogP contribution in [-0.2, 0) is 0 Å². The van der Waals surface area contributed by atoms with Crippen LogP contribution >= 0.6 is 23.2 Å². The molecule has 0 aliphatic heterocycles. The van der Waals surface area contributed by atoms with Gasteiger partial charge in [0.15, 0.2) is 5.17 Å². The molecule has 0 amide bonds. The third-order valence-electron chi connectivity index (χ3n) is 1.55. The van der Waals surface area contributed by atoms with Gasteiger partial charge in [-0.1, -0.05) is 28.4 Å². The van der Waals surface area contributed by atoms with Crippen molar-refractivity contribution in [3.63, 3.8) is 0 Å². The Morgan fingerprint density at radius 1 is 1.57 bits per heavy atom. The molecule has 0 spiro atoms. The number of rotatable bonds is 3. The minimum Gasteiger partial charge on any atom is -0.493 e. The highest BCUT2D eigenvalue weighted by Gasteiger charge is 2.09. The predicted octanol–water partition coefficient (Wildman–Crippen LogP) is 3.11. The largest absolute Gasteiger partial charge is 0.493 e. The summed E-state index contributed by atoms with van der Waals surface area (Å²) in [6.45, 7) is 2.35. The van der Waals surface area contributed by atoms with Crippen LogP contribution in [-0.4, -0.2) is 17.0 Å². The van der Waals surface area contributed by atoms with Crippen LogP contribution in [0.3, 0.4) is 0 Å². The van der Waals surface area contributed by atoms with Gasteiger partial charge in [-0.3, -0.25) is 0 Å². The molecule has 0 aliphatic rings. The third-order valence-corrected chi connectivity index (χ3v) is 2.07. The first-order valence-electron chi connectivity index (χ1n) is 3.99. The molecule has 1 aromatic rings. The predicted molar refractivity (Wildman–Crippen MR) is 56.8 cm³/mol. The van der Waals surface area contributed by atoms with Gasteiger partial charge in [0, 0.05) is 5.02 Å². The van der Waals surface area contributed by atoms with Crippen molar-refractivity contribution in [2.24, 2.45) is 5.16 Å². The van der Waals surface area contributed by atoms with Gasteiger partial charge in [-0.15, -0.1) is 0 Å². The van der Waals surface area contributed by atoms with Gasteiger partial charge in [-0.05, 0) is 25.1 Å². The van der Waals surface area contributed by atoms with E-state index in [4.69, 9.17) is 33.1 Å². The van der Waals surface area contributed by atoms with E-state index in [1.165, 1.54) is 0 Å². The molecule has 1 rings (SSSR count). The fourth-order valence-corrected chi connectivity index (χ4v) is 1.32. The highest BCUT2D eigenvalue weighted by Crippen LogP contribution is 2.24. The molecule has 0 saturated heterocycles. The Balaban J connectivity index is 3.15. The SMILES string of the molecule is CCOc1ccc(Cl)cc1/C(Cl)=N/O. The third kappa shape index (κ3) is 2.53. The summed E-state index contributed by atoms with van der Waals surface area (Å²) in [7, 11) is 0. The molecule has 0 aromatic heterocycles. The number of oxime groups is 1. The van der Waals surface area contributed by atoms with E-state index in [2.05, 4.69) is 5.16 Å². The minimum atomic E-state index is -0.0454. The Hall–Kier alpha value is -0.930. The summed E-state index contributed by atoms with van der Waals surface area (Å²) in [6, 6.07) is 4.93. The highest BCUT2D eigenvalue weighted by molar-refractivity contribution is 6.69. The first-order valence-corrected chi connectivity index (χ1v) is 4.75. The Labute approximate surface area is 91.9 Å². The van der Waals surface area contributed by atoms with Gasteiger partial charge in [-0.25, -0.2) is 0 Å². The average Bonchev–Trinajstić information content (AvgIpc) is 2.20. The molecule has 1 aromatic carbocycles. The van der Waals surface area contributed by atoms with Gasteiger partial charge in [0.1, 0.15) is 5.75 Å². The van der Waals surface area contributed by atoms with Crippen LogP contribution in [0.1, 0.15) is 12.5 Å². The van der Waals surface area contributed by atoms with Crippen molar-refractivity contribution in [3.8, 4) is 5.75 Å². The molecule has 0 unspecified atom stereocenters. The first-order chi connectivity index (χ1) is 6.69. The van der Waals surface area contributed by atoms with Gasteiger partial charge >= 0.3 is 0 Å². The smallest absolute Gasteiger partial charge is 0.179 e. The molecule has 5 heteroatoms. The van der Waals surface area contributed by atoms with E-state index in [9.17, 15) is 0 Å². The van der Waals surface area contributed by atoms with E-state index in [0.29, 0.717) is 22.9 Å². The lowest BCUT2D eigenvalue weighted by Gasteiger charge is -2.07. The van der Waals surface area contributed by atoms with Gasteiger partial charge in [0.25, 0.3) is 0 Å². The van der Waals surface area contributed by atoms with Crippen molar-refractivity contribution in [2.75, 3.05) is 6.61 Å². The summed E-state index contributed by atoms with van der Waals surface area (Å²) in [6.07, 6.45) is 0. The summed E-state index contributed by atoms with van der Waals surface area (Å²) in [5, 5.41) is 11.9. The number of nitrogens with zero attached hydrogens (tertiary/aromatic N) is 1. The fourth-order valence-electron chi connectivity index (χ4n) is 0.999. The van der Waals surface area contributed by atoms with Crippen molar-refractivity contribution < 1.29 is 9.94 Å². The van der Waals surface area contributed by atoms with Crippen LogP contribution in [0.15, 0.2) is 23.4 Å². The summed E-state index contributed by atoms with van der Waals surface area (Å²) in [5.74, 6) is 0.541. The second kappa shape index (κ2) is 5.08. The summed E-state index contributed by atoms with van der Waals surface area (Å²) < 4.78 is 5.28. The van der Waals surface area contributed by atoms with Gasteiger partial charge in [0.2, 0.25) is 0 Å². The molecule has 3 nitrogen and oxygen atoms in total. The number of ether oxygens (including phenoxy) is 1.